The zero-order valence-electron chi connectivity index (χ0n) is 14.8. The Morgan fingerprint density at radius 3 is 2.17 bits per heavy atom. The number of halogens is 6. The lowest BCUT2D eigenvalue weighted by molar-refractivity contribution is -0.174. The predicted molar refractivity (Wildman–Crippen MR) is 90.5 cm³/mol. The molecule has 1 heterocycles. The van der Waals surface area contributed by atoms with Gasteiger partial charge >= 0.3 is 12.4 Å². The normalized spacial score (nSPS) is 21.8. The summed E-state index contributed by atoms with van der Waals surface area (Å²) in [7, 11) is 0. The van der Waals surface area contributed by atoms with E-state index in [1.54, 1.807) is 24.3 Å². The molecular formula is C20H16F6O3. The first-order valence-corrected chi connectivity index (χ1v) is 8.41. The number of ether oxygens (including phenoxy) is 2. The van der Waals surface area contributed by atoms with Crippen LogP contribution in [0.5, 0.6) is 0 Å². The van der Waals surface area contributed by atoms with Gasteiger partial charge < -0.3 is 14.6 Å². The van der Waals surface area contributed by atoms with Crippen molar-refractivity contribution in [1.82, 2.24) is 0 Å². The molecule has 3 rings (SSSR count). The van der Waals surface area contributed by atoms with Crippen LogP contribution >= 0.6 is 0 Å². The smallest absolute Gasteiger partial charge is 0.373 e. The summed E-state index contributed by atoms with van der Waals surface area (Å²) < 4.78 is 88.7. The second kappa shape index (κ2) is 7.47. The van der Waals surface area contributed by atoms with Gasteiger partial charge in [-0.05, 0) is 29.3 Å². The second-order valence-electron chi connectivity index (χ2n) is 6.56. The Labute approximate surface area is 162 Å². The zero-order valence-corrected chi connectivity index (χ0v) is 14.8. The molecule has 0 bridgehead atoms. The minimum absolute atomic E-state index is 0.0570. The van der Waals surface area contributed by atoms with Crippen molar-refractivity contribution >= 4 is 0 Å². The fourth-order valence-electron chi connectivity index (χ4n) is 3.18. The van der Waals surface area contributed by atoms with Gasteiger partial charge in [0.15, 0.2) is 6.29 Å². The Morgan fingerprint density at radius 1 is 1.03 bits per heavy atom. The molecule has 0 fully saturated rings. The van der Waals surface area contributed by atoms with Crippen molar-refractivity contribution in [1.29, 1.82) is 0 Å². The Hall–Kier alpha value is -2.36. The van der Waals surface area contributed by atoms with Crippen LogP contribution in [0, 0.1) is 0 Å². The van der Waals surface area contributed by atoms with Gasteiger partial charge in [-0.25, -0.2) is 0 Å². The van der Waals surface area contributed by atoms with Gasteiger partial charge in [-0.3, -0.25) is 0 Å². The van der Waals surface area contributed by atoms with Crippen LogP contribution in [0.2, 0.25) is 0 Å². The molecular weight excluding hydrogens is 402 g/mol. The number of hydrogen-bond donors (Lipinski definition) is 1. The first-order valence-electron chi connectivity index (χ1n) is 8.41. The molecule has 29 heavy (non-hydrogen) atoms. The van der Waals surface area contributed by atoms with E-state index in [1.807, 2.05) is 0 Å². The topological polar surface area (TPSA) is 38.7 Å². The molecule has 156 valence electrons. The second-order valence-corrected chi connectivity index (χ2v) is 6.56. The molecule has 0 radical (unpaired) electrons. The number of fused-ring (bicyclic) bond motifs is 1. The van der Waals surface area contributed by atoms with Crippen LogP contribution < -0.4 is 0 Å². The van der Waals surface area contributed by atoms with Gasteiger partial charge in [-0.2, -0.15) is 26.3 Å². The minimum Gasteiger partial charge on any atom is -0.373 e. The summed E-state index contributed by atoms with van der Waals surface area (Å²) in [6.45, 7) is 2.87. The lowest BCUT2D eigenvalue weighted by atomic mass is 9.93. The molecule has 0 saturated heterocycles. The molecule has 2 aromatic rings. The van der Waals surface area contributed by atoms with Gasteiger partial charge in [0, 0.05) is 5.56 Å². The summed E-state index contributed by atoms with van der Waals surface area (Å²) in [5, 5.41) is 10.0. The van der Waals surface area contributed by atoms with Gasteiger partial charge in [0.1, 0.15) is 5.60 Å². The largest absolute Gasteiger partial charge is 0.416 e. The Kier molecular flexibility index (Phi) is 5.50. The van der Waals surface area contributed by atoms with Crippen molar-refractivity contribution < 1.29 is 40.9 Å². The van der Waals surface area contributed by atoms with Crippen LogP contribution in [0.3, 0.4) is 0 Å². The maximum absolute atomic E-state index is 13.0. The van der Waals surface area contributed by atoms with Crippen molar-refractivity contribution in [2.24, 2.45) is 0 Å². The minimum atomic E-state index is -4.93. The lowest BCUT2D eigenvalue weighted by Gasteiger charge is -2.26. The fourth-order valence-corrected chi connectivity index (χ4v) is 3.18. The summed E-state index contributed by atoms with van der Waals surface area (Å²) in [6.07, 6.45) is -9.75. The van der Waals surface area contributed by atoms with Crippen molar-refractivity contribution in [2.75, 3.05) is 6.61 Å². The van der Waals surface area contributed by atoms with Gasteiger partial charge in [-0.1, -0.05) is 36.9 Å². The molecule has 2 unspecified atom stereocenters. The predicted octanol–water partition coefficient (Wildman–Crippen LogP) is 5.34. The number of alkyl halides is 6. The average molecular weight is 418 g/mol. The standard InChI is InChI=1S/C20H16F6O3/c1-2-18(16-6-4-3-5-15(16)17(27)29-18)11-28-10-12-7-13(19(21,22)23)9-14(8-12)20(24,25)26/h2-9,17,27H,1,10-11H2. The highest BCUT2D eigenvalue weighted by Crippen LogP contribution is 2.43. The Morgan fingerprint density at radius 2 is 1.62 bits per heavy atom. The molecule has 0 aliphatic carbocycles. The fraction of sp³-hybridized carbons (Fsp3) is 0.300. The highest BCUT2D eigenvalue weighted by atomic mass is 19.4. The maximum Gasteiger partial charge on any atom is 0.416 e. The molecule has 9 heteroatoms. The van der Waals surface area contributed by atoms with Crippen LogP contribution in [-0.2, 0) is 34.0 Å². The van der Waals surface area contributed by atoms with E-state index in [2.05, 4.69) is 6.58 Å². The van der Waals surface area contributed by atoms with Crippen LogP contribution in [-0.4, -0.2) is 11.7 Å². The van der Waals surface area contributed by atoms with Gasteiger partial charge in [-0.15, -0.1) is 0 Å². The third-order valence-electron chi connectivity index (χ3n) is 4.57. The molecule has 0 spiro atoms. The van der Waals surface area contributed by atoms with E-state index in [0.717, 1.165) is 0 Å². The first-order chi connectivity index (χ1) is 13.5. The van der Waals surface area contributed by atoms with Gasteiger partial charge in [0.2, 0.25) is 0 Å². The van der Waals surface area contributed by atoms with E-state index >= 15 is 0 Å². The van der Waals surface area contributed by atoms with Crippen LogP contribution in [0.15, 0.2) is 55.1 Å². The molecule has 1 aliphatic heterocycles. The Bertz CT molecular complexity index is 874. The number of rotatable bonds is 5. The average Bonchev–Trinajstić information content (AvgIpc) is 2.93. The highest BCUT2D eigenvalue weighted by Gasteiger charge is 2.42. The van der Waals surface area contributed by atoms with Crippen LogP contribution in [0.1, 0.15) is 34.1 Å². The number of aliphatic hydroxyl groups excluding tert-OH is 1. The van der Waals surface area contributed by atoms with Gasteiger partial charge in [0.25, 0.3) is 0 Å². The third-order valence-corrected chi connectivity index (χ3v) is 4.57. The molecule has 1 aliphatic rings. The zero-order chi connectivity index (χ0) is 21.4. The third kappa shape index (κ3) is 4.31. The van der Waals surface area contributed by atoms with Gasteiger partial charge in [0.05, 0.1) is 24.3 Å². The molecule has 1 N–H and O–H groups in total. The van der Waals surface area contributed by atoms with Crippen LogP contribution in [0.4, 0.5) is 26.3 Å². The van der Waals surface area contributed by atoms with E-state index in [9.17, 15) is 31.4 Å². The van der Waals surface area contributed by atoms with Crippen molar-refractivity contribution in [2.45, 2.75) is 30.9 Å². The molecule has 3 nitrogen and oxygen atoms in total. The SMILES string of the molecule is C=CC1(COCc2cc(C(F)(F)F)cc(C(F)(F)F)c2)OC(O)c2ccccc21. The lowest BCUT2D eigenvalue weighted by Crippen LogP contribution is -2.29. The molecule has 0 amide bonds. The van der Waals surface area contributed by atoms with E-state index in [-0.39, 0.29) is 18.2 Å². The maximum atomic E-state index is 13.0. The van der Waals surface area contributed by atoms with E-state index in [0.29, 0.717) is 23.3 Å². The summed E-state index contributed by atoms with van der Waals surface area (Å²) in [5.74, 6) is 0. The molecule has 2 atom stereocenters. The van der Waals surface area contributed by atoms with Crippen LogP contribution in [0.25, 0.3) is 0 Å². The summed E-state index contributed by atoms with van der Waals surface area (Å²) in [4.78, 5) is 0. The van der Waals surface area contributed by atoms with Crippen molar-refractivity contribution in [3.8, 4) is 0 Å². The monoisotopic (exact) mass is 418 g/mol. The number of aliphatic hydroxyl groups is 1. The van der Waals surface area contributed by atoms with E-state index in [1.165, 1.54) is 6.08 Å². The summed E-state index contributed by atoms with van der Waals surface area (Å²) in [5.41, 5.74) is -3.36. The quantitative estimate of drug-likeness (QED) is 0.526. The first kappa shape index (κ1) is 21.4. The Balaban J connectivity index is 1.82. The molecule has 2 aromatic carbocycles. The number of hydrogen-bond acceptors (Lipinski definition) is 3. The van der Waals surface area contributed by atoms with E-state index in [4.69, 9.17) is 9.47 Å². The van der Waals surface area contributed by atoms with Crippen molar-refractivity contribution in [3.05, 3.63) is 82.9 Å². The molecule has 0 aromatic heterocycles. The number of benzene rings is 2. The summed E-state index contributed by atoms with van der Waals surface area (Å²) in [6, 6.07) is 7.95. The van der Waals surface area contributed by atoms with E-state index < -0.39 is 42.0 Å². The summed E-state index contributed by atoms with van der Waals surface area (Å²) >= 11 is 0. The van der Waals surface area contributed by atoms with Crippen molar-refractivity contribution in [3.63, 3.8) is 0 Å². The highest BCUT2D eigenvalue weighted by molar-refractivity contribution is 5.40. The molecule has 0 saturated carbocycles.